The number of aliphatic hydroxyl groups is 17. The van der Waals surface area contributed by atoms with E-state index < -0.39 is 205 Å². The largest absolute Gasteiger partial charge is 0.462 e. The molecule has 0 aromatic carbocycles. The summed E-state index contributed by atoms with van der Waals surface area (Å²) in [6.07, 6.45) is -36.2. The number of rotatable bonds is 20. The van der Waals surface area contributed by atoms with Crippen molar-refractivity contribution < 1.29 is 144 Å². The maximum atomic E-state index is 13.6. The zero-order valence-corrected chi connectivity index (χ0v) is 48.4. The van der Waals surface area contributed by atoms with Crippen LogP contribution >= 0.6 is 0 Å². The smallest absolute Gasteiger partial charge is 0.306 e. The highest BCUT2D eigenvalue weighted by atomic mass is 16.8. The fourth-order valence-electron chi connectivity index (χ4n) is 16.0. The standard InChI is InChI=1S/C56H94O29/c1-21(19-75-50-45(73)41(69)37(65)30(15-57)79-50)5-8-34(63)78-29-14-27-25-7-6-23-13-24(9-11-55(23,3)26(25)10-12-56(27,4)35(29)22(2)61)77-53-48(42(70)38(66)31(16-58)81-53)85-54-49(43(71)39(67)32(17-59)82-54)84-52-46(74)47(40(68)33(18-60)80-52)83-51-44(72)36(64)28(62)20-76-51/h21-33,35-54,57-62,64-74H,5-20H2,1-4H3/t21-,22+,23+,24?,25-,26+,27+,28-,29?,30-,31-,32-,33-,35+,36+,37-,38+,39-,40-,41+,42+,43+,44-,45-,46-,47+,48-,49-,50-,51+,52+,53+,54+,55+,56+/m1/s1. The molecule has 0 amide bonds. The Balaban J connectivity index is 0.843. The zero-order chi connectivity index (χ0) is 61.7. The first-order valence-corrected chi connectivity index (χ1v) is 30.2. The van der Waals surface area contributed by atoms with Gasteiger partial charge in [-0.25, -0.2) is 0 Å². The molecule has 0 bridgehead atoms. The highest BCUT2D eigenvalue weighted by Gasteiger charge is 2.65. The van der Waals surface area contributed by atoms with Gasteiger partial charge in [-0.15, -0.1) is 0 Å². The second-order valence-corrected chi connectivity index (χ2v) is 26.1. The molecule has 2 unspecified atom stereocenters. The van der Waals surface area contributed by atoms with Gasteiger partial charge in [-0.1, -0.05) is 20.8 Å². The Labute approximate surface area is 492 Å². The van der Waals surface area contributed by atoms with Crippen molar-refractivity contribution in [3.8, 4) is 0 Å². The highest BCUT2D eigenvalue weighted by molar-refractivity contribution is 5.69. The monoisotopic (exact) mass is 1230 g/mol. The van der Waals surface area contributed by atoms with Crippen LogP contribution in [0.5, 0.6) is 0 Å². The topological polar surface area (TPSA) is 463 Å². The molecule has 0 spiro atoms. The van der Waals surface area contributed by atoms with Crippen molar-refractivity contribution in [2.24, 2.45) is 46.3 Å². The SMILES string of the molecule is C[C@H](CCC(=O)OC1C[C@H]2[C@@H]3CC[C@H]4CC(O[C@H]5O[C@H](CO)[C@H](O)[C@H](O)[C@H]5O[C@@H]5O[C@H](CO)[C@@H](O)[C@H](O)[C@H]5O[C@@H]5O[C@H](CO)[C@@H](O)[C@H](O[C@@H]6OC[C@@H](O)[C@H](O)[C@H]6O)[C@H]5O)CC[C@]4(C)[C@H]3CC[C@]2(C)[C@H]1[C@H](C)O)CO[C@@H]1O[C@H](CO)[C@@H](O)[C@H](O)[C@H]1O. The van der Waals surface area contributed by atoms with E-state index in [0.717, 1.165) is 25.7 Å². The second kappa shape index (κ2) is 28.1. The highest BCUT2D eigenvalue weighted by Crippen LogP contribution is 2.68. The van der Waals surface area contributed by atoms with Gasteiger partial charge in [0.05, 0.1) is 51.8 Å². The minimum absolute atomic E-state index is 0.0450. The van der Waals surface area contributed by atoms with Gasteiger partial charge in [0.1, 0.15) is 122 Å². The number of fused-ring (bicyclic) bond motifs is 5. The number of carbonyl (C=O) groups is 1. The van der Waals surface area contributed by atoms with E-state index in [0.29, 0.717) is 32.1 Å². The van der Waals surface area contributed by atoms with E-state index in [1.165, 1.54) is 0 Å². The third-order valence-electron chi connectivity index (χ3n) is 20.9. The molecule has 5 aliphatic heterocycles. The summed E-state index contributed by atoms with van der Waals surface area (Å²) in [7, 11) is 0. The van der Waals surface area contributed by atoms with Gasteiger partial charge in [-0.2, -0.15) is 0 Å². The lowest BCUT2D eigenvalue weighted by atomic mass is 9.44. The van der Waals surface area contributed by atoms with Crippen molar-refractivity contribution in [2.45, 2.75) is 258 Å². The Hall–Kier alpha value is -1.61. The first-order valence-electron chi connectivity index (χ1n) is 30.2. The molecule has 0 radical (unpaired) electrons. The molecular formula is C56H94O29. The summed E-state index contributed by atoms with van der Waals surface area (Å²) in [5.74, 6) is -0.127. The number of ether oxygens (including phenoxy) is 11. The van der Waals surface area contributed by atoms with Gasteiger partial charge in [0.2, 0.25) is 0 Å². The normalized spacial score (nSPS) is 51.9. The molecule has 0 aromatic heterocycles. The van der Waals surface area contributed by atoms with Crippen LogP contribution in [0.3, 0.4) is 0 Å². The maximum absolute atomic E-state index is 13.6. The van der Waals surface area contributed by atoms with Crippen LogP contribution in [0.1, 0.15) is 91.9 Å². The molecule has 9 aliphatic rings. The first kappa shape index (κ1) is 67.8. The van der Waals surface area contributed by atoms with Crippen LogP contribution < -0.4 is 0 Å². The number of carbonyl (C=O) groups excluding carboxylic acids is 1. The molecule has 9 rings (SSSR count). The van der Waals surface area contributed by atoms with Crippen LogP contribution in [-0.2, 0) is 56.9 Å². The van der Waals surface area contributed by atoms with Crippen LogP contribution in [0, 0.1) is 46.3 Å². The van der Waals surface area contributed by atoms with Gasteiger partial charge in [-0.05, 0) is 105 Å². The maximum Gasteiger partial charge on any atom is 0.306 e. The van der Waals surface area contributed by atoms with Gasteiger partial charge in [0, 0.05) is 12.3 Å². The summed E-state index contributed by atoms with van der Waals surface area (Å²) in [6.45, 7) is 4.55. The number of esters is 1. The molecule has 5 saturated heterocycles. The molecule has 0 aromatic rings. The first-order chi connectivity index (χ1) is 40.3. The van der Waals surface area contributed by atoms with Crippen LogP contribution in [0.2, 0.25) is 0 Å². The van der Waals surface area contributed by atoms with Gasteiger partial charge in [0.25, 0.3) is 0 Å². The molecule has 17 N–H and O–H groups in total. The predicted molar refractivity (Wildman–Crippen MR) is 281 cm³/mol. The Morgan fingerprint density at radius 2 is 1.06 bits per heavy atom. The fraction of sp³-hybridized carbons (Fsp3) is 0.982. The van der Waals surface area contributed by atoms with Crippen LogP contribution in [0.4, 0.5) is 0 Å². The summed E-state index contributed by atoms with van der Waals surface area (Å²) in [5.41, 5.74) is -0.490. The summed E-state index contributed by atoms with van der Waals surface area (Å²) < 4.78 is 65.1. The van der Waals surface area contributed by atoms with Crippen LogP contribution in [-0.4, -0.2) is 298 Å². The van der Waals surface area contributed by atoms with Crippen LogP contribution in [0.15, 0.2) is 0 Å². The molecule has 4 aliphatic carbocycles. The quantitative estimate of drug-likeness (QED) is 0.0399. The van der Waals surface area contributed by atoms with Crippen molar-refractivity contribution in [1.29, 1.82) is 0 Å². The zero-order valence-electron chi connectivity index (χ0n) is 48.4. The molecule has 35 atom stereocenters. The van der Waals surface area contributed by atoms with E-state index >= 15 is 0 Å². The molecule has 492 valence electrons. The summed E-state index contributed by atoms with van der Waals surface area (Å²) in [4.78, 5) is 13.6. The van der Waals surface area contributed by atoms with E-state index in [4.69, 9.17) is 52.1 Å². The Morgan fingerprint density at radius 3 is 1.67 bits per heavy atom. The van der Waals surface area contributed by atoms with Crippen molar-refractivity contribution in [1.82, 2.24) is 0 Å². The van der Waals surface area contributed by atoms with Gasteiger partial charge in [0.15, 0.2) is 31.5 Å². The lowest BCUT2D eigenvalue weighted by Gasteiger charge is -2.61. The average molecular weight is 1230 g/mol. The molecule has 4 saturated carbocycles. The summed E-state index contributed by atoms with van der Waals surface area (Å²) in [6, 6.07) is 0. The lowest BCUT2D eigenvalue weighted by Crippen LogP contribution is -2.67. The number of aliphatic hydroxyl groups excluding tert-OH is 17. The fourth-order valence-corrected chi connectivity index (χ4v) is 16.0. The van der Waals surface area contributed by atoms with E-state index in [2.05, 4.69) is 13.8 Å². The molecule has 29 heteroatoms. The number of hydrogen-bond donors (Lipinski definition) is 17. The van der Waals surface area contributed by atoms with E-state index in [9.17, 15) is 91.6 Å². The summed E-state index contributed by atoms with van der Waals surface area (Å²) >= 11 is 0. The van der Waals surface area contributed by atoms with Gasteiger partial charge in [-0.3, -0.25) is 4.79 Å². The Bertz CT molecular complexity index is 2140. The average Bonchev–Trinajstić information content (AvgIpc) is 1.77. The Kier molecular flexibility index (Phi) is 22.4. The third kappa shape index (κ3) is 13.5. The van der Waals surface area contributed by atoms with Crippen LogP contribution in [0.25, 0.3) is 0 Å². The Morgan fingerprint density at radius 1 is 0.529 bits per heavy atom. The van der Waals surface area contributed by atoms with Crippen molar-refractivity contribution in [3.05, 3.63) is 0 Å². The van der Waals surface area contributed by atoms with Crippen molar-refractivity contribution in [3.63, 3.8) is 0 Å². The lowest BCUT2D eigenvalue weighted by molar-refractivity contribution is -0.401. The molecule has 29 nitrogen and oxygen atoms in total. The minimum Gasteiger partial charge on any atom is -0.462 e. The third-order valence-corrected chi connectivity index (χ3v) is 20.9. The molecule has 85 heavy (non-hydrogen) atoms. The van der Waals surface area contributed by atoms with Crippen molar-refractivity contribution in [2.75, 3.05) is 39.6 Å². The van der Waals surface area contributed by atoms with Crippen molar-refractivity contribution >= 4 is 5.97 Å². The van der Waals surface area contributed by atoms with Gasteiger partial charge >= 0.3 is 5.97 Å². The molecular weight excluding hydrogens is 1140 g/mol. The molecule has 9 fully saturated rings. The number of hydrogen-bond acceptors (Lipinski definition) is 29. The van der Waals surface area contributed by atoms with E-state index in [1.807, 2.05) is 6.92 Å². The summed E-state index contributed by atoms with van der Waals surface area (Å²) in [5, 5.41) is 181. The molecule has 5 heterocycles. The van der Waals surface area contributed by atoms with Gasteiger partial charge < -0.3 is 139 Å². The second-order valence-electron chi connectivity index (χ2n) is 26.1. The predicted octanol–water partition coefficient (Wildman–Crippen LogP) is -5.92. The van der Waals surface area contributed by atoms with E-state index in [1.54, 1.807) is 6.92 Å². The van der Waals surface area contributed by atoms with E-state index in [-0.39, 0.29) is 59.4 Å². The minimum atomic E-state index is -2.05.